The standard InChI is InChI=1S/C22H18N4O/c1-16-15-20(17-7-3-2-4-8-17)26(25-16)19-12-10-18(11-13-19)22(27)24-21-9-5-6-14-23-21/h2-15H,1H3,(H,23,24,27). The zero-order valence-electron chi connectivity index (χ0n) is 14.8. The zero-order valence-corrected chi connectivity index (χ0v) is 14.8. The predicted octanol–water partition coefficient (Wildman–Crippen LogP) is 4.50. The van der Waals surface area contributed by atoms with Crippen LogP contribution in [0.25, 0.3) is 16.9 Å². The van der Waals surface area contributed by atoms with Crippen LogP contribution in [0, 0.1) is 6.92 Å². The van der Waals surface area contributed by atoms with Gasteiger partial charge in [0, 0.05) is 17.3 Å². The molecule has 132 valence electrons. The SMILES string of the molecule is Cc1cc(-c2ccccc2)n(-c2ccc(C(=O)Nc3ccccn3)cc2)n1. The van der Waals surface area contributed by atoms with E-state index in [0.29, 0.717) is 11.4 Å². The second kappa shape index (κ2) is 7.25. The van der Waals surface area contributed by atoms with Gasteiger partial charge >= 0.3 is 0 Å². The van der Waals surface area contributed by atoms with Crippen LogP contribution in [0.4, 0.5) is 5.82 Å². The van der Waals surface area contributed by atoms with Gasteiger partial charge in [-0.1, -0.05) is 36.4 Å². The summed E-state index contributed by atoms with van der Waals surface area (Å²) >= 11 is 0. The number of pyridine rings is 1. The lowest BCUT2D eigenvalue weighted by molar-refractivity contribution is 0.102. The van der Waals surface area contributed by atoms with E-state index >= 15 is 0 Å². The van der Waals surface area contributed by atoms with Gasteiger partial charge < -0.3 is 5.32 Å². The Morgan fingerprint density at radius 1 is 0.926 bits per heavy atom. The van der Waals surface area contributed by atoms with Gasteiger partial charge in [0.25, 0.3) is 5.91 Å². The van der Waals surface area contributed by atoms with E-state index in [0.717, 1.165) is 22.6 Å². The van der Waals surface area contributed by atoms with Crippen molar-refractivity contribution in [3.8, 4) is 16.9 Å². The predicted molar refractivity (Wildman–Crippen MR) is 106 cm³/mol. The maximum Gasteiger partial charge on any atom is 0.256 e. The van der Waals surface area contributed by atoms with Crippen molar-refractivity contribution in [2.75, 3.05) is 5.32 Å². The molecule has 0 unspecified atom stereocenters. The molecule has 0 bridgehead atoms. The van der Waals surface area contributed by atoms with Gasteiger partial charge in [-0.05, 0) is 49.4 Å². The van der Waals surface area contributed by atoms with Crippen molar-refractivity contribution >= 4 is 11.7 Å². The van der Waals surface area contributed by atoms with Crippen molar-refractivity contribution < 1.29 is 4.79 Å². The average molecular weight is 354 g/mol. The summed E-state index contributed by atoms with van der Waals surface area (Å²) in [6.45, 7) is 1.97. The molecular weight excluding hydrogens is 336 g/mol. The number of amides is 1. The third-order valence-corrected chi connectivity index (χ3v) is 4.18. The maximum atomic E-state index is 12.4. The highest BCUT2D eigenvalue weighted by molar-refractivity contribution is 6.03. The molecule has 0 atom stereocenters. The summed E-state index contributed by atoms with van der Waals surface area (Å²) in [6, 6.07) is 24.9. The summed E-state index contributed by atoms with van der Waals surface area (Å²) in [5.74, 6) is 0.334. The molecule has 1 amide bonds. The smallest absolute Gasteiger partial charge is 0.256 e. The molecule has 2 aromatic heterocycles. The first-order valence-electron chi connectivity index (χ1n) is 8.65. The lowest BCUT2D eigenvalue weighted by atomic mass is 10.1. The van der Waals surface area contributed by atoms with Crippen molar-refractivity contribution in [2.45, 2.75) is 6.92 Å². The van der Waals surface area contributed by atoms with E-state index in [-0.39, 0.29) is 5.91 Å². The first-order chi connectivity index (χ1) is 13.2. The number of nitrogens with zero attached hydrogens (tertiary/aromatic N) is 3. The summed E-state index contributed by atoms with van der Waals surface area (Å²) in [5, 5.41) is 7.39. The summed E-state index contributed by atoms with van der Waals surface area (Å²) in [4.78, 5) is 16.5. The molecule has 27 heavy (non-hydrogen) atoms. The Hall–Kier alpha value is -3.73. The second-order valence-electron chi connectivity index (χ2n) is 6.16. The van der Waals surface area contributed by atoms with Gasteiger partial charge in [0.05, 0.1) is 17.1 Å². The molecule has 0 aliphatic rings. The molecule has 2 heterocycles. The van der Waals surface area contributed by atoms with Gasteiger partial charge in [-0.15, -0.1) is 0 Å². The van der Waals surface area contributed by atoms with E-state index in [4.69, 9.17) is 0 Å². The van der Waals surface area contributed by atoms with Crippen LogP contribution in [0.15, 0.2) is 85.1 Å². The molecule has 2 aromatic carbocycles. The number of benzene rings is 2. The lowest BCUT2D eigenvalue weighted by Gasteiger charge is -2.09. The van der Waals surface area contributed by atoms with E-state index in [1.165, 1.54) is 0 Å². The number of aromatic nitrogens is 3. The van der Waals surface area contributed by atoms with Crippen molar-refractivity contribution in [3.05, 3.63) is 96.3 Å². The van der Waals surface area contributed by atoms with Crippen LogP contribution >= 0.6 is 0 Å². The number of carbonyl (C=O) groups excluding carboxylic acids is 1. The third kappa shape index (κ3) is 3.62. The molecule has 0 radical (unpaired) electrons. The molecule has 5 heteroatoms. The number of hydrogen-bond donors (Lipinski definition) is 1. The number of carbonyl (C=O) groups is 1. The largest absolute Gasteiger partial charge is 0.307 e. The minimum Gasteiger partial charge on any atom is -0.307 e. The minimum absolute atomic E-state index is 0.194. The Kier molecular flexibility index (Phi) is 4.49. The lowest BCUT2D eigenvalue weighted by Crippen LogP contribution is -2.12. The van der Waals surface area contributed by atoms with E-state index < -0.39 is 0 Å². The zero-order chi connectivity index (χ0) is 18.6. The number of hydrogen-bond acceptors (Lipinski definition) is 3. The second-order valence-corrected chi connectivity index (χ2v) is 6.16. The quantitative estimate of drug-likeness (QED) is 0.587. The van der Waals surface area contributed by atoms with E-state index in [2.05, 4.69) is 33.6 Å². The van der Waals surface area contributed by atoms with Crippen molar-refractivity contribution in [3.63, 3.8) is 0 Å². The minimum atomic E-state index is -0.194. The summed E-state index contributed by atoms with van der Waals surface area (Å²) in [5.41, 5.74) is 4.51. The van der Waals surface area contributed by atoms with Crippen LogP contribution in [0.2, 0.25) is 0 Å². The molecule has 0 spiro atoms. The Labute approximate surface area is 157 Å². The average Bonchev–Trinajstić information content (AvgIpc) is 3.11. The number of rotatable bonds is 4. The molecule has 0 saturated heterocycles. The fourth-order valence-electron chi connectivity index (χ4n) is 2.89. The molecule has 1 N–H and O–H groups in total. The Balaban J connectivity index is 1.61. The summed E-state index contributed by atoms with van der Waals surface area (Å²) in [7, 11) is 0. The van der Waals surface area contributed by atoms with Gasteiger partial charge in [-0.3, -0.25) is 4.79 Å². The third-order valence-electron chi connectivity index (χ3n) is 4.18. The molecule has 4 aromatic rings. The van der Waals surface area contributed by atoms with E-state index in [1.54, 1.807) is 30.5 Å². The first-order valence-corrected chi connectivity index (χ1v) is 8.65. The molecule has 4 rings (SSSR count). The monoisotopic (exact) mass is 354 g/mol. The van der Waals surface area contributed by atoms with Crippen molar-refractivity contribution in [1.29, 1.82) is 0 Å². The van der Waals surface area contributed by atoms with Gasteiger partial charge in [0.1, 0.15) is 5.82 Å². The van der Waals surface area contributed by atoms with Gasteiger partial charge in [-0.25, -0.2) is 9.67 Å². The molecule has 0 saturated carbocycles. The topological polar surface area (TPSA) is 59.8 Å². The number of nitrogens with one attached hydrogen (secondary N) is 1. The molecular formula is C22H18N4O. The van der Waals surface area contributed by atoms with Gasteiger partial charge in [0.2, 0.25) is 0 Å². The molecule has 0 fully saturated rings. The van der Waals surface area contributed by atoms with Crippen molar-refractivity contribution in [1.82, 2.24) is 14.8 Å². The van der Waals surface area contributed by atoms with Gasteiger partial charge in [0.15, 0.2) is 0 Å². The summed E-state index contributed by atoms with van der Waals surface area (Å²) < 4.78 is 1.89. The number of aryl methyl sites for hydroxylation is 1. The fraction of sp³-hybridized carbons (Fsp3) is 0.0455. The van der Waals surface area contributed by atoms with Crippen LogP contribution in [0.1, 0.15) is 16.1 Å². The van der Waals surface area contributed by atoms with Crippen LogP contribution in [-0.4, -0.2) is 20.7 Å². The highest BCUT2D eigenvalue weighted by atomic mass is 16.1. The van der Waals surface area contributed by atoms with Gasteiger partial charge in [-0.2, -0.15) is 5.10 Å². The van der Waals surface area contributed by atoms with E-state index in [9.17, 15) is 4.79 Å². The maximum absolute atomic E-state index is 12.4. The first kappa shape index (κ1) is 16.7. The normalized spacial score (nSPS) is 10.6. The number of anilines is 1. The Morgan fingerprint density at radius 3 is 2.37 bits per heavy atom. The van der Waals surface area contributed by atoms with Crippen LogP contribution in [-0.2, 0) is 0 Å². The highest BCUT2D eigenvalue weighted by Crippen LogP contribution is 2.24. The molecule has 0 aliphatic heterocycles. The van der Waals surface area contributed by atoms with Crippen LogP contribution < -0.4 is 5.32 Å². The van der Waals surface area contributed by atoms with Crippen LogP contribution in [0.3, 0.4) is 0 Å². The molecule has 5 nitrogen and oxygen atoms in total. The Bertz CT molecular complexity index is 1050. The Morgan fingerprint density at radius 2 is 1.67 bits per heavy atom. The fourth-order valence-corrected chi connectivity index (χ4v) is 2.89. The molecule has 0 aliphatic carbocycles. The summed E-state index contributed by atoms with van der Waals surface area (Å²) in [6.07, 6.45) is 1.64. The van der Waals surface area contributed by atoms with Crippen molar-refractivity contribution in [2.24, 2.45) is 0 Å². The van der Waals surface area contributed by atoms with Crippen LogP contribution in [0.5, 0.6) is 0 Å². The van der Waals surface area contributed by atoms with E-state index in [1.807, 2.05) is 48.0 Å². The highest BCUT2D eigenvalue weighted by Gasteiger charge is 2.11.